The van der Waals surface area contributed by atoms with Crippen LogP contribution in [-0.2, 0) is 25.5 Å². The summed E-state index contributed by atoms with van der Waals surface area (Å²) in [7, 11) is -1.35. The Balaban J connectivity index is 0.000000196. The summed E-state index contributed by atoms with van der Waals surface area (Å²) in [5.41, 5.74) is 17.2. The standard InChI is InChI=1S/C41H38N3O2.C20H19N2OSi.Ir/c1-22(2)28-18-25(41(6,7)8)19-29(23(3)4)38(28)44-33-15-10-9-14-32(33)43-40(44)27-13-11-12-26-30-20-36-31(21-35(30)46-39(26)27)37-34(45-36)17-16-24(5)42-37;1-13-8-10-16-15-6-5-7-17(19(15)23-20(16)22-13)18-11-9-14(12-21-18)24(2,3)4;/h9-12,14-23H,1-8H3;5-6,8-12H,1-4H3;/q2*-1;. The first kappa shape index (κ1) is 47.9. The first-order chi connectivity index (χ1) is 33.4. The molecule has 0 amide bonds. The number of fused-ring (bicyclic) bond motifs is 10. The number of nitrogens with zero attached hydrogens (tertiary/aromatic N) is 5. The Morgan fingerprint density at radius 3 is 1.92 bits per heavy atom. The van der Waals surface area contributed by atoms with Gasteiger partial charge in [0.15, 0.2) is 5.58 Å². The summed E-state index contributed by atoms with van der Waals surface area (Å²) in [5, 5.41) is 6.39. The van der Waals surface area contributed by atoms with Gasteiger partial charge >= 0.3 is 0 Å². The molecule has 359 valence electrons. The van der Waals surface area contributed by atoms with Gasteiger partial charge in [-0.1, -0.05) is 126 Å². The van der Waals surface area contributed by atoms with E-state index in [0.717, 1.165) is 105 Å². The van der Waals surface area contributed by atoms with Crippen molar-refractivity contribution in [3.05, 3.63) is 156 Å². The van der Waals surface area contributed by atoms with Crippen LogP contribution < -0.4 is 5.19 Å². The molecule has 0 unspecified atom stereocenters. The van der Waals surface area contributed by atoms with E-state index in [1.807, 2.05) is 56.4 Å². The Bertz CT molecular complexity index is 3980. The van der Waals surface area contributed by atoms with E-state index in [1.165, 1.54) is 27.6 Å². The number of aryl methyl sites for hydroxylation is 2. The number of hydrogen-bond donors (Lipinski definition) is 0. The summed E-state index contributed by atoms with van der Waals surface area (Å²) >= 11 is 0. The van der Waals surface area contributed by atoms with Crippen LogP contribution in [-0.4, -0.2) is 32.6 Å². The van der Waals surface area contributed by atoms with Crippen molar-refractivity contribution in [3.63, 3.8) is 0 Å². The normalized spacial score (nSPS) is 12.4. The van der Waals surface area contributed by atoms with Crippen LogP contribution in [0.1, 0.15) is 88.4 Å². The van der Waals surface area contributed by atoms with Crippen LogP contribution in [0, 0.1) is 26.0 Å². The number of pyridine rings is 3. The number of rotatable bonds is 6. The van der Waals surface area contributed by atoms with Gasteiger partial charge in [-0.3, -0.25) is 4.98 Å². The molecule has 0 bridgehead atoms. The number of benzene rings is 5. The molecule has 7 aromatic heterocycles. The number of imidazole rings is 1. The van der Waals surface area contributed by atoms with E-state index in [-0.39, 0.29) is 25.5 Å². The SMILES string of the molecule is Cc1ccc2c(n1)oc1c(-c3ccc([Si](C)(C)C)cn3)[c-]ccc12.Cc1ccc2oc3cc4c(cc3c2n1)oc1c(-c2nc3ccccc3n2-c2c(C(C)C)cc(C(C)(C)C)cc2C(C)C)[c-]ccc14.[Ir]. The van der Waals surface area contributed by atoms with Crippen LogP contribution in [0.25, 0.3) is 105 Å². The largest absolute Gasteiger partial charge is 0.501 e. The van der Waals surface area contributed by atoms with E-state index >= 15 is 0 Å². The molecule has 12 rings (SSSR count). The molecule has 0 atom stereocenters. The summed E-state index contributed by atoms with van der Waals surface area (Å²) in [6.45, 7) is 27.0. The van der Waals surface area contributed by atoms with Gasteiger partial charge in [-0.25, -0.2) is 9.97 Å². The van der Waals surface area contributed by atoms with E-state index in [0.29, 0.717) is 17.5 Å². The van der Waals surface area contributed by atoms with E-state index in [4.69, 9.17) is 23.2 Å². The first-order valence-electron chi connectivity index (χ1n) is 24.3. The van der Waals surface area contributed by atoms with Gasteiger partial charge in [-0.2, -0.15) is 0 Å². The number of aromatic nitrogens is 5. The van der Waals surface area contributed by atoms with Crippen molar-refractivity contribution in [2.24, 2.45) is 0 Å². The Kier molecular flexibility index (Phi) is 12.1. The van der Waals surface area contributed by atoms with Gasteiger partial charge in [0, 0.05) is 54.1 Å². The molecule has 7 heterocycles. The molecular formula is C61H57IrN5O3Si-2. The molecule has 0 aliphatic rings. The maximum atomic E-state index is 6.75. The smallest absolute Gasteiger partial charge is 0.216 e. The molecule has 71 heavy (non-hydrogen) atoms. The topological polar surface area (TPSA) is 95.9 Å². The molecule has 12 aromatic rings. The van der Waals surface area contributed by atoms with Crippen LogP contribution in [0.2, 0.25) is 19.6 Å². The maximum absolute atomic E-state index is 6.75. The van der Waals surface area contributed by atoms with Crippen molar-refractivity contribution in [1.29, 1.82) is 0 Å². The van der Waals surface area contributed by atoms with E-state index in [2.05, 4.69) is 168 Å². The Labute approximate surface area is 428 Å². The van der Waals surface area contributed by atoms with Crippen LogP contribution in [0.15, 0.2) is 129 Å². The minimum Gasteiger partial charge on any atom is -0.501 e. The Hall–Kier alpha value is -6.71. The molecule has 0 spiro atoms. The second-order valence-electron chi connectivity index (χ2n) is 21.5. The third-order valence-electron chi connectivity index (χ3n) is 13.6. The first-order valence-corrected chi connectivity index (χ1v) is 27.8. The maximum Gasteiger partial charge on any atom is 0.216 e. The molecule has 0 aliphatic carbocycles. The molecule has 5 aromatic carbocycles. The molecule has 0 fully saturated rings. The molecule has 0 N–H and O–H groups in total. The predicted octanol–water partition coefficient (Wildman–Crippen LogP) is 16.2. The van der Waals surface area contributed by atoms with E-state index < -0.39 is 8.07 Å². The van der Waals surface area contributed by atoms with Gasteiger partial charge in [-0.05, 0) is 107 Å². The minimum atomic E-state index is -1.35. The number of furan rings is 3. The molecule has 8 nitrogen and oxygen atoms in total. The van der Waals surface area contributed by atoms with Crippen molar-refractivity contribution in [1.82, 2.24) is 24.5 Å². The monoisotopic (exact) mass is 1130 g/mol. The van der Waals surface area contributed by atoms with Crippen LogP contribution in [0.5, 0.6) is 0 Å². The van der Waals surface area contributed by atoms with Crippen LogP contribution >= 0.6 is 0 Å². The molecular weight excluding hydrogens is 1070 g/mol. The molecule has 0 aliphatic heterocycles. The van der Waals surface area contributed by atoms with Gasteiger partial charge in [0.2, 0.25) is 5.71 Å². The van der Waals surface area contributed by atoms with Crippen molar-refractivity contribution in [2.45, 2.75) is 99.2 Å². The molecule has 0 saturated heterocycles. The summed E-state index contributed by atoms with van der Waals surface area (Å²) < 4.78 is 21.4. The quantitative estimate of drug-likeness (QED) is 0.121. The fraction of sp³-hybridized carbons (Fsp3) is 0.246. The summed E-state index contributed by atoms with van der Waals surface area (Å²) in [4.78, 5) is 19.2. The van der Waals surface area contributed by atoms with Crippen molar-refractivity contribution in [2.75, 3.05) is 0 Å². The van der Waals surface area contributed by atoms with Gasteiger partial charge < -0.3 is 22.8 Å². The van der Waals surface area contributed by atoms with Gasteiger partial charge in [0.25, 0.3) is 0 Å². The summed E-state index contributed by atoms with van der Waals surface area (Å²) in [5.74, 6) is 1.43. The second kappa shape index (κ2) is 17.8. The van der Waals surface area contributed by atoms with Gasteiger partial charge in [0.05, 0.1) is 41.5 Å². The zero-order valence-corrected chi connectivity index (χ0v) is 45.8. The van der Waals surface area contributed by atoms with Gasteiger partial charge in [-0.15, -0.1) is 36.4 Å². The summed E-state index contributed by atoms with van der Waals surface area (Å²) in [6.07, 6.45) is 2.00. The zero-order chi connectivity index (χ0) is 49.0. The average molecular weight is 1130 g/mol. The fourth-order valence-corrected chi connectivity index (χ4v) is 10.7. The minimum absolute atomic E-state index is 0. The van der Waals surface area contributed by atoms with Crippen LogP contribution in [0.4, 0.5) is 0 Å². The average Bonchev–Trinajstić information content (AvgIpc) is 4.09. The third kappa shape index (κ3) is 8.39. The van der Waals surface area contributed by atoms with Gasteiger partial charge in [0.1, 0.15) is 16.7 Å². The zero-order valence-electron chi connectivity index (χ0n) is 42.4. The van der Waals surface area contributed by atoms with Crippen molar-refractivity contribution in [3.8, 4) is 28.3 Å². The van der Waals surface area contributed by atoms with Crippen LogP contribution in [0.3, 0.4) is 0 Å². The van der Waals surface area contributed by atoms with Crippen molar-refractivity contribution >= 4 is 90.4 Å². The van der Waals surface area contributed by atoms with E-state index in [1.54, 1.807) is 0 Å². The predicted molar refractivity (Wildman–Crippen MR) is 291 cm³/mol. The Morgan fingerprint density at radius 2 is 1.24 bits per heavy atom. The number of hydrogen-bond acceptors (Lipinski definition) is 7. The fourth-order valence-electron chi connectivity index (χ4n) is 9.70. The second-order valence-corrected chi connectivity index (χ2v) is 26.5. The van der Waals surface area contributed by atoms with Crippen molar-refractivity contribution < 1.29 is 33.4 Å². The third-order valence-corrected chi connectivity index (χ3v) is 15.6. The number of para-hydroxylation sites is 2. The summed E-state index contributed by atoms with van der Waals surface area (Å²) in [6, 6.07) is 44.5. The molecule has 10 heteroatoms. The molecule has 1 radical (unpaired) electrons. The molecule has 0 saturated carbocycles. The Morgan fingerprint density at radius 1 is 0.606 bits per heavy atom. The van der Waals surface area contributed by atoms with E-state index in [9.17, 15) is 0 Å².